The smallest absolute Gasteiger partial charge is 0.0292 e. The van der Waals surface area contributed by atoms with Gasteiger partial charge in [0.1, 0.15) is 0 Å². The summed E-state index contributed by atoms with van der Waals surface area (Å²) in [6, 6.07) is 17.4. The van der Waals surface area contributed by atoms with E-state index >= 15 is 0 Å². The van der Waals surface area contributed by atoms with Gasteiger partial charge in [0.25, 0.3) is 0 Å². The topological polar surface area (TPSA) is 12.0 Å². The number of hydrogen-bond donors (Lipinski definition) is 1. The van der Waals surface area contributed by atoms with Crippen LogP contribution in [0, 0.1) is 6.92 Å². The maximum Gasteiger partial charge on any atom is 0.0292 e. The van der Waals surface area contributed by atoms with Crippen molar-refractivity contribution >= 4 is 15.9 Å². The minimum absolute atomic E-state index is 0.376. The molecular weight excluding hydrogens is 298 g/mol. The molecule has 0 radical (unpaired) electrons. The molecule has 1 N–H and O–H groups in total. The standard InChI is InChI=1S/C17H20BrN/c1-13-6-3-4-7-15(13)10-11-19-14(2)16-8-5-9-17(18)12-16/h3-9,12,14,19H,10-11H2,1-2H3. The molecule has 0 heterocycles. The van der Waals surface area contributed by atoms with Crippen molar-refractivity contribution in [3.63, 3.8) is 0 Å². The molecule has 19 heavy (non-hydrogen) atoms. The van der Waals surface area contributed by atoms with E-state index in [2.05, 4.69) is 83.6 Å². The van der Waals surface area contributed by atoms with E-state index in [1.54, 1.807) is 0 Å². The Hall–Kier alpha value is -1.12. The molecule has 0 amide bonds. The van der Waals surface area contributed by atoms with Gasteiger partial charge < -0.3 is 5.32 Å². The largest absolute Gasteiger partial charge is 0.310 e. The molecule has 2 rings (SSSR count). The summed E-state index contributed by atoms with van der Waals surface area (Å²) in [5, 5.41) is 3.58. The Morgan fingerprint density at radius 3 is 2.63 bits per heavy atom. The van der Waals surface area contributed by atoms with Crippen LogP contribution in [0.4, 0.5) is 0 Å². The molecule has 1 nitrogen and oxygen atoms in total. The quantitative estimate of drug-likeness (QED) is 0.846. The van der Waals surface area contributed by atoms with Crippen LogP contribution in [-0.4, -0.2) is 6.54 Å². The molecule has 1 atom stereocenters. The molecule has 0 bridgehead atoms. The summed E-state index contributed by atoms with van der Waals surface area (Å²) < 4.78 is 1.14. The van der Waals surface area contributed by atoms with Crippen LogP contribution >= 0.6 is 15.9 Å². The average molecular weight is 318 g/mol. The summed E-state index contributed by atoms with van der Waals surface area (Å²) in [7, 11) is 0. The van der Waals surface area contributed by atoms with Crippen LogP contribution in [0.2, 0.25) is 0 Å². The third-order valence-electron chi connectivity index (χ3n) is 3.45. The van der Waals surface area contributed by atoms with E-state index in [9.17, 15) is 0 Å². The van der Waals surface area contributed by atoms with Crippen LogP contribution in [0.15, 0.2) is 53.0 Å². The summed E-state index contributed by atoms with van der Waals surface area (Å²) in [6.45, 7) is 5.38. The van der Waals surface area contributed by atoms with Gasteiger partial charge >= 0.3 is 0 Å². The first-order valence-electron chi connectivity index (χ1n) is 6.70. The van der Waals surface area contributed by atoms with E-state index in [0.717, 1.165) is 17.4 Å². The van der Waals surface area contributed by atoms with Gasteiger partial charge in [-0.3, -0.25) is 0 Å². The molecule has 2 aromatic carbocycles. The van der Waals surface area contributed by atoms with Crippen molar-refractivity contribution < 1.29 is 0 Å². The maximum absolute atomic E-state index is 3.58. The van der Waals surface area contributed by atoms with Gasteiger partial charge in [0.05, 0.1) is 0 Å². The molecule has 0 spiro atoms. The van der Waals surface area contributed by atoms with E-state index < -0.39 is 0 Å². The summed E-state index contributed by atoms with van der Waals surface area (Å²) in [6.07, 6.45) is 1.07. The Kier molecular flexibility index (Phi) is 5.17. The monoisotopic (exact) mass is 317 g/mol. The van der Waals surface area contributed by atoms with Crippen LogP contribution in [0.1, 0.15) is 29.7 Å². The lowest BCUT2D eigenvalue weighted by molar-refractivity contribution is 0.576. The van der Waals surface area contributed by atoms with Crippen LogP contribution in [-0.2, 0) is 6.42 Å². The number of aryl methyl sites for hydroxylation is 1. The molecule has 0 aliphatic rings. The van der Waals surface area contributed by atoms with E-state index in [4.69, 9.17) is 0 Å². The Bertz CT molecular complexity index is 536. The van der Waals surface area contributed by atoms with Crippen molar-refractivity contribution in [2.75, 3.05) is 6.54 Å². The Labute approximate surface area is 124 Å². The minimum atomic E-state index is 0.376. The second-order valence-corrected chi connectivity index (χ2v) is 5.82. The fourth-order valence-electron chi connectivity index (χ4n) is 2.21. The third kappa shape index (κ3) is 4.19. The fourth-order valence-corrected chi connectivity index (χ4v) is 2.62. The third-order valence-corrected chi connectivity index (χ3v) is 3.95. The van der Waals surface area contributed by atoms with Crippen molar-refractivity contribution in [3.05, 3.63) is 69.7 Å². The van der Waals surface area contributed by atoms with E-state index in [-0.39, 0.29) is 0 Å². The Morgan fingerprint density at radius 2 is 1.89 bits per heavy atom. The molecule has 0 aliphatic heterocycles. The Balaban J connectivity index is 1.88. The highest BCUT2D eigenvalue weighted by Crippen LogP contribution is 2.17. The number of benzene rings is 2. The van der Waals surface area contributed by atoms with Crippen molar-refractivity contribution in [2.24, 2.45) is 0 Å². The minimum Gasteiger partial charge on any atom is -0.310 e. The second kappa shape index (κ2) is 6.88. The van der Waals surface area contributed by atoms with Gasteiger partial charge in [-0.1, -0.05) is 52.3 Å². The average Bonchev–Trinajstić information content (AvgIpc) is 2.41. The van der Waals surface area contributed by atoms with Crippen LogP contribution in [0.5, 0.6) is 0 Å². The van der Waals surface area contributed by atoms with E-state index in [1.165, 1.54) is 16.7 Å². The Morgan fingerprint density at radius 1 is 1.11 bits per heavy atom. The highest BCUT2D eigenvalue weighted by molar-refractivity contribution is 9.10. The fraction of sp³-hybridized carbons (Fsp3) is 0.294. The van der Waals surface area contributed by atoms with Gasteiger partial charge in [-0.2, -0.15) is 0 Å². The van der Waals surface area contributed by atoms with Gasteiger partial charge in [0, 0.05) is 10.5 Å². The predicted molar refractivity (Wildman–Crippen MR) is 85.4 cm³/mol. The zero-order valence-electron chi connectivity index (χ0n) is 11.5. The van der Waals surface area contributed by atoms with Crippen molar-refractivity contribution in [1.82, 2.24) is 5.32 Å². The summed E-state index contributed by atoms with van der Waals surface area (Å²) in [5.41, 5.74) is 4.12. The lowest BCUT2D eigenvalue weighted by Gasteiger charge is -2.15. The number of halogens is 1. The molecule has 0 aromatic heterocycles. The van der Waals surface area contributed by atoms with Gasteiger partial charge in [-0.25, -0.2) is 0 Å². The highest BCUT2D eigenvalue weighted by Gasteiger charge is 2.05. The van der Waals surface area contributed by atoms with Crippen LogP contribution in [0.25, 0.3) is 0 Å². The first-order chi connectivity index (χ1) is 9.16. The number of hydrogen-bond acceptors (Lipinski definition) is 1. The molecule has 0 fully saturated rings. The molecule has 2 aromatic rings. The van der Waals surface area contributed by atoms with Gasteiger partial charge in [0.2, 0.25) is 0 Å². The SMILES string of the molecule is Cc1ccccc1CCNC(C)c1cccc(Br)c1. The summed E-state index contributed by atoms with van der Waals surface area (Å²) >= 11 is 3.52. The van der Waals surface area contributed by atoms with E-state index in [1.807, 2.05) is 0 Å². The van der Waals surface area contributed by atoms with Crippen LogP contribution < -0.4 is 5.32 Å². The molecule has 2 heteroatoms. The van der Waals surface area contributed by atoms with Crippen molar-refractivity contribution in [2.45, 2.75) is 26.3 Å². The first-order valence-corrected chi connectivity index (χ1v) is 7.49. The summed E-state index contributed by atoms with van der Waals surface area (Å²) in [5.74, 6) is 0. The molecule has 100 valence electrons. The predicted octanol–water partition coefficient (Wildman–Crippen LogP) is 4.65. The molecule has 0 saturated heterocycles. The van der Waals surface area contributed by atoms with Crippen molar-refractivity contribution in [1.29, 1.82) is 0 Å². The van der Waals surface area contributed by atoms with Gasteiger partial charge in [-0.05, 0) is 55.6 Å². The lowest BCUT2D eigenvalue weighted by atomic mass is 10.1. The number of nitrogens with one attached hydrogen (secondary N) is 1. The molecule has 1 unspecified atom stereocenters. The van der Waals surface area contributed by atoms with Crippen LogP contribution in [0.3, 0.4) is 0 Å². The normalized spacial score (nSPS) is 12.4. The number of rotatable bonds is 5. The van der Waals surface area contributed by atoms with E-state index in [0.29, 0.717) is 6.04 Å². The first kappa shape index (κ1) is 14.3. The van der Waals surface area contributed by atoms with Crippen molar-refractivity contribution in [3.8, 4) is 0 Å². The second-order valence-electron chi connectivity index (χ2n) is 4.91. The molecular formula is C17H20BrN. The molecule has 0 saturated carbocycles. The zero-order valence-corrected chi connectivity index (χ0v) is 13.1. The van der Waals surface area contributed by atoms with Gasteiger partial charge in [-0.15, -0.1) is 0 Å². The van der Waals surface area contributed by atoms with Gasteiger partial charge in [0.15, 0.2) is 0 Å². The summed E-state index contributed by atoms with van der Waals surface area (Å²) in [4.78, 5) is 0. The highest BCUT2D eigenvalue weighted by atomic mass is 79.9. The maximum atomic E-state index is 3.58. The lowest BCUT2D eigenvalue weighted by Crippen LogP contribution is -2.21. The molecule has 0 aliphatic carbocycles. The zero-order chi connectivity index (χ0) is 13.7.